The number of fused-ring (bicyclic) bond motifs is 1. The summed E-state index contributed by atoms with van der Waals surface area (Å²) in [5, 5.41) is 0. The van der Waals surface area contributed by atoms with Crippen LogP contribution in [0.1, 0.15) is 55.6 Å². The minimum Gasteiger partial charge on any atom is -0.266 e. The molecule has 0 radical (unpaired) electrons. The minimum absolute atomic E-state index is 0.274. The fourth-order valence-corrected chi connectivity index (χ4v) is 3.84. The van der Waals surface area contributed by atoms with Gasteiger partial charge in [-0.1, -0.05) is 12.5 Å². The van der Waals surface area contributed by atoms with Crippen molar-refractivity contribution >= 4 is 23.2 Å². The minimum atomic E-state index is -0.417. The molecule has 0 saturated heterocycles. The Balaban J connectivity index is 1.62. The summed E-state index contributed by atoms with van der Waals surface area (Å²) in [6.45, 7) is 1.81. The molecule has 120 valence electrons. The predicted molar refractivity (Wildman–Crippen MR) is 89.5 cm³/mol. The van der Waals surface area contributed by atoms with Crippen LogP contribution in [0.25, 0.3) is 0 Å². The highest BCUT2D eigenvalue weighted by molar-refractivity contribution is 7.14. The predicted octanol–water partition coefficient (Wildman–Crippen LogP) is 2.80. The van der Waals surface area contributed by atoms with Crippen LogP contribution in [-0.4, -0.2) is 16.8 Å². The van der Waals surface area contributed by atoms with Crippen LogP contribution in [0.4, 0.5) is 0 Å². The van der Waals surface area contributed by atoms with Crippen LogP contribution in [0, 0.1) is 6.92 Å². The summed E-state index contributed by atoms with van der Waals surface area (Å²) in [7, 11) is 0. The Morgan fingerprint density at radius 2 is 1.87 bits per heavy atom. The Bertz CT molecular complexity index is 716. The number of pyridine rings is 1. The van der Waals surface area contributed by atoms with Gasteiger partial charge in [-0.05, 0) is 56.4 Å². The van der Waals surface area contributed by atoms with Crippen molar-refractivity contribution in [3.63, 3.8) is 0 Å². The normalized spacial score (nSPS) is 13.8. The van der Waals surface area contributed by atoms with Crippen LogP contribution in [-0.2, 0) is 12.8 Å². The molecule has 0 bridgehead atoms. The zero-order valence-corrected chi connectivity index (χ0v) is 13.8. The Hall–Kier alpha value is -2.21. The molecule has 3 rings (SSSR count). The smallest absolute Gasteiger partial charge is 0.266 e. The highest BCUT2D eigenvalue weighted by atomic mass is 32.1. The van der Waals surface area contributed by atoms with Crippen LogP contribution >= 0.6 is 11.3 Å². The molecule has 2 aromatic heterocycles. The van der Waals surface area contributed by atoms with Crippen LogP contribution < -0.4 is 10.9 Å². The fourth-order valence-electron chi connectivity index (χ4n) is 2.69. The van der Waals surface area contributed by atoms with Crippen molar-refractivity contribution in [1.29, 1.82) is 0 Å². The number of carbonyl (C=O) groups is 2. The zero-order chi connectivity index (χ0) is 16.2. The van der Waals surface area contributed by atoms with Crippen molar-refractivity contribution in [2.75, 3.05) is 0 Å². The molecule has 0 spiro atoms. The van der Waals surface area contributed by atoms with Gasteiger partial charge in [0.05, 0.1) is 4.88 Å². The molecule has 0 saturated carbocycles. The first-order valence-electron chi connectivity index (χ1n) is 7.79. The number of hydrogen-bond donors (Lipinski definition) is 2. The number of aromatic nitrogens is 1. The van der Waals surface area contributed by atoms with Gasteiger partial charge >= 0.3 is 0 Å². The molecule has 0 aromatic carbocycles. The quantitative estimate of drug-likeness (QED) is 0.657. The highest BCUT2D eigenvalue weighted by Crippen LogP contribution is 2.28. The molecule has 1 aliphatic carbocycles. The van der Waals surface area contributed by atoms with Crippen LogP contribution in [0.15, 0.2) is 24.3 Å². The van der Waals surface area contributed by atoms with E-state index in [1.165, 1.54) is 41.0 Å². The van der Waals surface area contributed by atoms with E-state index in [1.807, 2.05) is 19.1 Å². The van der Waals surface area contributed by atoms with Gasteiger partial charge in [0.2, 0.25) is 0 Å². The van der Waals surface area contributed by atoms with E-state index in [0.29, 0.717) is 4.88 Å². The molecule has 1 aliphatic rings. The summed E-state index contributed by atoms with van der Waals surface area (Å²) in [5.41, 5.74) is 7.22. The lowest BCUT2D eigenvalue weighted by molar-refractivity contribution is 0.0846. The van der Waals surface area contributed by atoms with E-state index in [1.54, 1.807) is 12.1 Å². The summed E-state index contributed by atoms with van der Waals surface area (Å²) in [6, 6.07) is 7.14. The first kappa shape index (κ1) is 15.7. The number of hydrazine groups is 1. The second-order valence-corrected chi connectivity index (χ2v) is 6.83. The van der Waals surface area contributed by atoms with Crippen molar-refractivity contribution in [1.82, 2.24) is 15.8 Å². The topological polar surface area (TPSA) is 71.1 Å². The Kier molecular flexibility index (Phi) is 4.71. The van der Waals surface area contributed by atoms with Gasteiger partial charge < -0.3 is 0 Å². The van der Waals surface area contributed by atoms with E-state index in [0.717, 1.165) is 18.5 Å². The number of carbonyl (C=O) groups excluding carboxylic acids is 2. The van der Waals surface area contributed by atoms with Crippen LogP contribution in [0.2, 0.25) is 0 Å². The molecule has 2 aromatic rings. The first-order valence-corrected chi connectivity index (χ1v) is 8.61. The lowest BCUT2D eigenvalue weighted by Crippen LogP contribution is -2.41. The Morgan fingerprint density at radius 3 is 2.70 bits per heavy atom. The number of thiophene rings is 1. The summed E-state index contributed by atoms with van der Waals surface area (Å²) < 4.78 is 0. The van der Waals surface area contributed by atoms with Crippen molar-refractivity contribution < 1.29 is 9.59 Å². The summed E-state index contributed by atoms with van der Waals surface area (Å²) in [4.78, 5) is 30.3. The van der Waals surface area contributed by atoms with Crippen molar-refractivity contribution in [3.05, 3.63) is 51.0 Å². The van der Waals surface area contributed by atoms with Crippen molar-refractivity contribution in [3.8, 4) is 0 Å². The first-order chi connectivity index (χ1) is 11.1. The number of amides is 2. The number of rotatable bonds is 2. The number of nitrogens with zero attached hydrogens (tertiary/aromatic N) is 1. The molecule has 23 heavy (non-hydrogen) atoms. The van der Waals surface area contributed by atoms with Gasteiger partial charge in [0.15, 0.2) is 0 Å². The summed E-state index contributed by atoms with van der Waals surface area (Å²) in [5.74, 6) is -0.691. The van der Waals surface area contributed by atoms with E-state index in [4.69, 9.17) is 0 Å². The average molecular weight is 329 g/mol. The lowest BCUT2D eigenvalue weighted by Gasteiger charge is -2.06. The maximum atomic E-state index is 12.2. The molecule has 6 heteroatoms. The van der Waals surface area contributed by atoms with Gasteiger partial charge in [-0.2, -0.15) is 0 Å². The third kappa shape index (κ3) is 3.76. The average Bonchev–Trinajstić information content (AvgIpc) is 2.83. The van der Waals surface area contributed by atoms with Gasteiger partial charge in [0, 0.05) is 10.6 Å². The van der Waals surface area contributed by atoms with E-state index in [2.05, 4.69) is 15.8 Å². The molecule has 0 fully saturated rings. The molecular formula is C17H19N3O2S. The van der Waals surface area contributed by atoms with Gasteiger partial charge in [-0.25, -0.2) is 4.98 Å². The van der Waals surface area contributed by atoms with E-state index < -0.39 is 5.91 Å². The summed E-state index contributed by atoms with van der Waals surface area (Å²) in [6.07, 6.45) is 5.71. The van der Waals surface area contributed by atoms with Crippen LogP contribution in [0.5, 0.6) is 0 Å². The van der Waals surface area contributed by atoms with Crippen molar-refractivity contribution in [2.24, 2.45) is 0 Å². The Labute approximate surface area is 139 Å². The van der Waals surface area contributed by atoms with Gasteiger partial charge in [-0.3, -0.25) is 20.4 Å². The van der Waals surface area contributed by atoms with Gasteiger partial charge in [0.1, 0.15) is 5.69 Å². The van der Waals surface area contributed by atoms with Crippen LogP contribution in [0.3, 0.4) is 0 Å². The van der Waals surface area contributed by atoms with Gasteiger partial charge in [0.25, 0.3) is 11.8 Å². The standard InChI is InChI=1S/C17H19N3O2S/c1-11-6-5-8-13(18-11)16(21)19-20-17(22)15-10-12-7-3-2-4-9-14(12)23-15/h5-6,8,10H,2-4,7,9H2,1H3,(H,19,21)(H,20,22). The number of hydrogen-bond acceptors (Lipinski definition) is 4. The molecule has 5 nitrogen and oxygen atoms in total. The molecule has 2 heterocycles. The SMILES string of the molecule is Cc1cccc(C(=O)NNC(=O)c2cc3c(s2)CCCCC3)n1. The van der Waals surface area contributed by atoms with Crippen molar-refractivity contribution in [2.45, 2.75) is 39.0 Å². The largest absolute Gasteiger partial charge is 0.288 e. The lowest BCUT2D eigenvalue weighted by atomic mass is 10.1. The maximum absolute atomic E-state index is 12.2. The molecule has 2 amide bonds. The molecule has 0 aliphatic heterocycles. The maximum Gasteiger partial charge on any atom is 0.288 e. The molecule has 0 unspecified atom stereocenters. The Morgan fingerprint density at radius 1 is 1.09 bits per heavy atom. The third-order valence-corrected chi connectivity index (χ3v) is 5.12. The van der Waals surface area contributed by atoms with E-state index >= 15 is 0 Å². The molecule has 2 N–H and O–H groups in total. The number of nitrogens with one attached hydrogen (secondary N) is 2. The second-order valence-electron chi connectivity index (χ2n) is 5.69. The summed E-state index contributed by atoms with van der Waals surface area (Å²) >= 11 is 1.53. The second kappa shape index (κ2) is 6.91. The van der Waals surface area contributed by atoms with Gasteiger partial charge in [-0.15, -0.1) is 11.3 Å². The third-order valence-electron chi connectivity index (χ3n) is 3.88. The molecular weight excluding hydrogens is 310 g/mol. The highest BCUT2D eigenvalue weighted by Gasteiger charge is 2.17. The van der Waals surface area contributed by atoms with E-state index in [9.17, 15) is 9.59 Å². The molecule has 0 atom stereocenters. The monoisotopic (exact) mass is 329 g/mol. The fraction of sp³-hybridized carbons (Fsp3) is 0.353. The number of aryl methyl sites for hydroxylation is 3. The van der Waals surface area contributed by atoms with E-state index in [-0.39, 0.29) is 11.6 Å². The zero-order valence-electron chi connectivity index (χ0n) is 13.0.